The summed E-state index contributed by atoms with van der Waals surface area (Å²) >= 11 is 0. The number of nitrogens with zero attached hydrogens (tertiary/aromatic N) is 3. The zero-order chi connectivity index (χ0) is 32.6. The molecule has 1 aliphatic carbocycles. The average Bonchev–Trinajstić information content (AvgIpc) is 3.57. The first-order chi connectivity index (χ1) is 24.3. The predicted octanol–water partition coefficient (Wildman–Crippen LogP) is 11.6. The third-order valence-corrected chi connectivity index (χ3v) is 9.31. The van der Waals surface area contributed by atoms with Crippen LogP contribution >= 0.6 is 0 Å². The van der Waals surface area contributed by atoms with E-state index in [1.165, 1.54) is 22.3 Å². The SMILES string of the molecule is C1=CC(c2cccc3oc4cc(-c5nc(-c6ccccc6)nc(-c6ccc(-c7ccccc7)cc6)n5)ccc4c23)CC=C1c1ccccc1. The van der Waals surface area contributed by atoms with E-state index in [0.29, 0.717) is 17.5 Å². The second kappa shape index (κ2) is 12.3. The van der Waals surface area contributed by atoms with Crippen molar-refractivity contribution < 1.29 is 4.42 Å². The van der Waals surface area contributed by atoms with Gasteiger partial charge in [-0.15, -0.1) is 0 Å². The Hall–Kier alpha value is -6.39. The monoisotopic (exact) mass is 629 g/mol. The summed E-state index contributed by atoms with van der Waals surface area (Å²) in [5.74, 6) is 2.13. The molecule has 2 heterocycles. The van der Waals surface area contributed by atoms with Gasteiger partial charge in [0.25, 0.3) is 0 Å². The lowest BCUT2D eigenvalue weighted by Crippen LogP contribution is -2.00. The number of rotatable bonds is 6. The highest BCUT2D eigenvalue weighted by Crippen LogP contribution is 2.40. The lowest BCUT2D eigenvalue weighted by Gasteiger charge is -2.18. The van der Waals surface area contributed by atoms with Gasteiger partial charge in [0.15, 0.2) is 17.5 Å². The third kappa shape index (κ3) is 5.53. The van der Waals surface area contributed by atoms with Crippen LogP contribution in [0.2, 0.25) is 0 Å². The lowest BCUT2D eigenvalue weighted by atomic mass is 9.86. The lowest BCUT2D eigenvalue weighted by molar-refractivity contribution is 0.668. The van der Waals surface area contributed by atoms with Crippen molar-refractivity contribution in [3.05, 3.63) is 181 Å². The Morgan fingerprint density at radius 1 is 0.469 bits per heavy atom. The molecule has 1 unspecified atom stereocenters. The summed E-state index contributed by atoms with van der Waals surface area (Å²) in [6.07, 6.45) is 7.86. The number of allylic oxidation sites excluding steroid dienone is 4. The Morgan fingerprint density at radius 2 is 1.02 bits per heavy atom. The van der Waals surface area contributed by atoms with Gasteiger partial charge in [-0.25, -0.2) is 15.0 Å². The second-order valence-corrected chi connectivity index (χ2v) is 12.4. The summed E-state index contributed by atoms with van der Waals surface area (Å²) in [5, 5.41) is 2.25. The summed E-state index contributed by atoms with van der Waals surface area (Å²) in [5.41, 5.74) is 10.6. The van der Waals surface area contributed by atoms with E-state index in [9.17, 15) is 0 Å². The molecule has 4 heteroatoms. The van der Waals surface area contributed by atoms with Gasteiger partial charge in [0, 0.05) is 33.4 Å². The van der Waals surface area contributed by atoms with Crippen molar-refractivity contribution in [3.63, 3.8) is 0 Å². The smallest absolute Gasteiger partial charge is 0.164 e. The fourth-order valence-corrected chi connectivity index (χ4v) is 6.79. The van der Waals surface area contributed by atoms with E-state index in [1.807, 2.05) is 36.4 Å². The number of aromatic nitrogens is 3. The summed E-state index contributed by atoms with van der Waals surface area (Å²) < 4.78 is 6.51. The highest BCUT2D eigenvalue weighted by Gasteiger charge is 2.20. The zero-order valence-electron chi connectivity index (χ0n) is 26.7. The molecule has 0 aliphatic heterocycles. The molecule has 2 aromatic heterocycles. The Bertz CT molecular complexity index is 2500. The molecule has 232 valence electrons. The van der Waals surface area contributed by atoms with Gasteiger partial charge in [0.1, 0.15) is 11.2 Å². The topological polar surface area (TPSA) is 51.8 Å². The molecule has 0 radical (unpaired) electrons. The summed E-state index contributed by atoms with van der Waals surface area (Å²) in [7, 11) is 0. The molecular formula is C45H31N3O. The van der Waals surface area contributed by atoms with Crippen molar-refractivity contribution in [2.45, 2.75) is 12.3 Å². The Balaban J connectivity index is 1.10. The van der Waals surface area contributed by atoms with Crippen molar-refractivity contribution in [2.75, 3.05) is 0 Å². The van der Waals surface area contributed by atoms with Crippen molar-refractivity contribution in [1.29, 1.82) is 0 Å². The largest absolute Gasteiger partial charge is 0.456 e. The first kappa shape index (κ1) is 28.8. The molecular weight excluding hydrogens is 599 g/mol. The molecule has 0 fully saturated rings. The minimum atomic E-state index is 0.268. The van der Waals surface area contributed by atoms with Crippen LogP contribution in [0, 0.1) is 0 Å². The van der Waals surface area contributed by atoms with E-state index in [0.717, 1.165) is 50.6 Å². The highest BCUT2D eigenvalue weighted by atomic mass is 16.3. The van der Waals surface area contributed by atoms with Crippen LogP contribution in [0.4, 0.5) is 0 Å². The van der Waals surface area contributed by atoms with Gasteiger partial charge >= 0.3 is 0 Å². The van der Waals surface area contributed by atoms with E-state index >= 15 is 0 Å². The van der Waals surface area contributed by atoms with Crippen LogP contribution < -0.4 is 0 Å². The van der Waals surface area contributed by atoms with Crippen molar-refractivity contribution >= 4 is 27.5 Å². The van der Waals surface area contributed by atoms with Crippen molar-refractivity contribution in [2.24, 2.45) is 0 Å². The standard InChI is InChI=1S/C45H31N3O/c1-4-11-30(12-5-1)32-19-23-34(24-20-32)38-17-10-18-40-42(38)39-28-27-37(29-41(39)49-40)45-47-43(35-15-8-3-9-16-35)46-44(48-45)36-25-21-33(22-26-36)31-13-6-2-7-14-31/h1-23,25-29,34H,24H2. The van der Waals surface area contributed by atoms with Crippen LogP contribution in [0.3, 0.4) is 0 Å². The normalized spacial score (nSPS) is 14.3. The Labute approximate surface area is 284 Å². The van der Waals surface area contributed by atoms with Gasteiger partial charge in [-0.2, -0.15) is 0 Å². The van der Waals surface area contributed by atoms with E-state index in [2.05, 4.69) is 133 Å². The van der Waals surface area contributed by atoms with E-state index < -0.39 is 0 Å². The molecule has 1 aliphatic rings. The molecule has 49 heavy (non-hydrogen) atoms. The van der Waals surface area contributed by atoms with Crippen LogP contribution in [-0.2, 0) is 0 Å². The molecule has 0 spiro atoms. The number of benzene rings is 6. The van der Waals surface area contributed by atoms with Crippen LogP contribution in [0.15, 0.2) is 174 Å². The van der Waals surface area contributed by atoms with Gasteiger partial charge in [-0.05, 0) is 52.4 Å². The predicted molar refractivity (Wildman–Crippen MR) is 200 cm³/mol. The maximum atomic E-state index is 6.51. The Morgan fingerprint density at radius 3 is 1.67 bits per heavy atom. The molecule has 0 amide bonds. The highest BCUT2D eigenvalue weighted by molar-refractivity contribution is 6.08. The van der Waals surface area contributed by atoms with Crippen LogP contribution in [0.5, 0.6) is 0 Å². The minimum Gasteiger partial charge on any atom is -0.456 e. The average molecular weight is 630 g/mol. The van der Waals surface area contributed by atoms with Gasteiger partial charge in [0.05, 0.1) is 0 Å². The summed E-state index contributed by atoms with van der Waals surface area (Å²) in [6.45, 7) is 0. The molecule has 8 aromatic rings. The van der Waals surface area contributed by atoms with E-state index in [4.69, 9.17) is 19.4 Å². The minimum absolute atomic E-state index is 0.268. The number of hydrogen-bond donors (Lipinski definition) is 0. The van der Waals surface area contributed by atoms with Crippen LogP contribution in [0.25, 0.3) is 72.8 Å². The molecule has 0 saturated heterocycles. The fraction of sp³-hybridized carbons (Fsp3) is 0.0444. The fourth-order valence-electron chi connectivity index (χ4n) is 6.79. The first-order valence-corrected chi connectivity index (χ1v) is 16.6. The molecule has 1 atom stereocenters. The van der Waals surface area contributed by atoms with Crippen LogP contribution in [0.1, 0.15) is 23.5 Å². The van der Waals surface area contributed by atoms with Gasteiger partial charge in [0.2, 0.25) is 0 Å². The molecule has 0 saturated carbocycles. The second-order valence-electron chi connectivity index (χ2n) is 12.4. The zero-order valence-corrected chi connectivity index (χ0v) is 26.7. The van der Waals surface area contributed by atoms with E-state index in [1.54, 1.807) is 0 Å². The summed E-state index contributed by atoms with van der Waals surface area (Å²) in [6, 6.07) is 52.1. The van der Waals surface area contributed by atoms with Gasteiger partial charge in [-0.3, -0.25) is 0 Å². The molecule has 4 nitrogen and oxygen atoms in total. The molecule has 0 N–H and O–H groups in total. The van der Waals surface area contributed by atoms with Gasteiger partial charge < -0.3 is 4.42 Å². The van der Waals surface area contributed by atoms with Gasteiger partial charge in [-0.1, -0.05) is 152 Å². The number of fused-ring (bicyclic) bond motifs is 3. The Kier molecular flexibility index (Phi) is 7.25. The van der Waals surface area contributed by atoms with Crippen LogP contribution in [-0.4, -0.2) is 15.0 Å². The maximum Gasteiger partial charge on any atom is 0.164 e. The first-order valence-electron chi connectivity index (χ1n) is 16.6. The van der Waals surface area contributed by atoms with E-state index in [-0.39, 0.29) is 5.92 Å². The molecule has 9 rings (SSSR count). The molecule has 0 bridgehead atoms. The number of hydrogen-bond acceptors (Lipinski definition) is 4. The number of furan rings is 1. The van der Waals surface area contributed by atoms with Crippen molar-refractivity contribution in [1.82, 2.24) is 15.0 Å². The quantitative estimate of drug-likeness (QED) is 0.184. The summed E-state index contributed by atoms with van der Waals surface area (Å²) in [4.78, 5) is 14.9. The maximum absolute atomic E-state index is 6.51. The third-order valence-electron chi connectivity index (χ3n) is 9.31. The van der Waals surface area contributed by atoms with Crippen molar-refractivity contribution in [3.8, 4) is 45.3 Å². The molecule has 6 aromatic carbocycles.